The van der Waals surface area contributed by atoms with Crippen LogP contribution in [0.3, 0.4) is 0 Å². The Kier molecular flexibility index (Phi) is 3.45. The molecule has 1 saturated carbocycles. The van der Waals surface area contributed by atoms with Gasteiger partial charge in [0.1, 0.15) is 5.52 Å². The molecule has 2 aromatic rings. The van der Waals surface area contributed by atoms with Gasteiger partial charge in [0.05, 0.1) is 10.9 Å². The largest absolute Gasteiger partial charge is 0.481 e. The highest BCUT2D eigenvalue weighted by molar-refractivity contribution is 5.76. The number of fused-ring (bicyclic) bond motifs is 1. The second-order valence-electron chi connectivity index (χ2n) is 5.79. The van der Waals surface area contributed by atoms with Gasteiger partial charge in [-0.15, -0.1) is 10.2 Å². The van der Waals surface area contributed by atoms with E-state index < -0.39 is 11.4 Å². The van der Waals surface area contributed by atoms with Gasteiger partial charge >= 0.3 is 5.97 Å². The highest BCUT2D eigenvalue weighted by atomic mass is 16.4. The van der Waals surface area contributed by atoms with E-state index in [0.717, 1.165) is 30.3 Å². The third-order valence-corrected chi connectivity index (χ3v) is 4.36. The first-order valence-corrected chi connectivity index (χ1v) is 7.19. The Balaban J connectivity index is 1.87. The van der Waals surface area contributed by atoms with E-state index in [-0.39, 0.29) is 6.04 Å². The molecule has 0 aliphatic heterocycles. The van der Waals surface area contributed by atoms with Crippen LogP contribution in [0.4, 0.5) is 5.95 Å². The molecule has 1 aliphatic carbocycles. The van der Waals surface area contributed by atoms with Gasteiger partial charge in [-0.1, -0.05) is 25.0 Å². The molecule has 1 heterocycles. The van der Waals surface area contributed by atoms with E-state index in [1.165, 1.54) is 0 Å². The van der Waals surface area contributed by atoms with Crippen molar-refractivity contribution in [2.75, 3.05) is 5.32 Å². The summed E-state index contributed by atoms with van der Waals surface area (Å²) in [7, 11) is 0. The van der Waals surface area contributed by atoms with Gasteiger partial charge < -0.3 is 10.4 Å². The van der Waals surface area contributed by atoms with E-state index in [9.17, 15) is 9.90 Å². The Bertz CT molecular complexity index is 676. The fourth-order valence-electron chi connectivity index (χ4n) is 2.92. The van der Waals surface area contributed by atoms with E-state index in [1.54, 1.807) is 6.92 Å². The number of carboxylic acid groups (broad SMARTS) is 1. The van der Waals surface area contributed by atoms with Crippen LogP contribution in [0.2, 0.25) is 0 Å². The lowest BCUT2D eigenvalue weighted by molar-refractivity contribution is -0.150. The van der Waals surface area contributed by atoms with E-state index in [1.807, 2.05) is 24.3 Å². The molecule has 6 heteroatoms. The first-order valence-electron chi connectivity index (χ1n) is 7.19. The normalized spacial score (nSPS) is 25.7. The predicted molar refractivity (Wildman–Crippen MR) is 79.0 cm³/mol. The summed E-state index contributed by atoms with van der Waals surface area (Å²) in [6.45, 7) is 1.79. The Morgan fingerprint density at radius 1 is 1.29 bits per heavy atom. The fraction of sp³-hybridized carbons (Fsp3) is 0.467. The molecule has 0 bridgehead atoms. The number of aliphatic carboxylic acids is 1. The third-order valence-electron chi connectivity index (χ3n) is 4.36. The van der Waals surface area contributed by atoms with Crippen LogP contribution in [0.25, 0.3) is 11.0 Å². The van der Waals surface area contributed by atoms with Crippen LogP contribution in [0.5, 0.6) is 0 Å². The molecule has 1 fully saturated rings. The van der Waals surface area contributed by atoms with Crippen molar-refractivity contribution in [1.82, 2.24) is 15.2 Å². The summed E-state index contributed by atoms with van der Waals surface area (Å²) < 4.78 is 0. The van der Waals surface area contributed by atoms with Crippen LogP contribution >= 0.6 is 0 Å². The second kappa shape index (κ2) is 5.27. The zero-order valence-corrected chi connectivity index (χ0v) is 11.9. The summed E-state index contributed by atoms with van der Waals surface area (Å²) in [6.07, 6.45) is 3.43. The summed E-state index contributed by atoms with van der Waals surface area (Å²) in [6, 6.07) is 7.32. The second-order valence-corrected chi connectivity index (χ2v) is 5.79. The quantitative estimate of drug-likeness (QED) is 0.901. The van der Waals surface area contributed by atoms with Gasteiger partial charge in [-0.2, -0.15) is 0 Å². The molecular formula is C15H18N4O2. The standard InChI is InChI=1S/C15H18N4O2/c1-15(13(20)21)9-5-4-8-12(15)17-14-16-10-6-2-3-7-11(10)18-19-14/h2-3,6-7,12H,4-5,8-9H2,1H3,(H,20,21)(H,16,17,19). The topological polar surface area (TPSA) is 88.0 Å². The van der Waals surface area contributed by atoms with Crippen LogP contribution < -0.4 is 5.32 Å². The lowest BCUT2D eigenvalue weighted by atomic mass is 9.72. The molecule has 1 aromatic heterocycles. The smallest absolute Gasteiger partial charge is 0.311 e. The van der Waals surface area contributed by atoms with E-state index in [0.29, 0.717) is 12.4 Å². The number of benzene rings is 1. The van der Waals surface area contributed by atoms with Crippen molar-refractivity contribution in [2.24, 2.45) is 5.41 Å². The number of para-hydroxylation sites is 1. The number of aromatic nitrogens is 3. The van der Waals surface area contributed by atoms with Crippen LogP contribution in [0.1, 0.15) is 32.6 Å². The maximum Gasteiger partial charge on any atom is 0.311 e. The monoisotopic (exact) mass is 286 g/mol. The number of carboxylic acids is 1. The molecule has 1 aromatic carbocycles. The molecule has 1 aliphatic rings. The molecule has 6 nitrogen and oxygen atoms in total. The van der Waals surface area contributed by atoms with Crippen molar-refractivity contribution in [2.45, 2.75) is 38.6 Å². The molecule has 2 unspecified atom stereocenters. The minimum Gasteiger partial charge on any atom is -0.481 e. The summed E-state index contributed by atoms with van der Waals surface area (Å²) >= 11 is 0. The number of anilines is 1. The van der Waals surface area contributed by atoms with Crippen molar-refractivity contribution in [3.8, 4) is 0 Å². The van der Waals surface area contributed by atoms with Gasteiger partial charge in [-0.25, -0.2) is 4.98 Å². The first-order chi connectivity index (χ1) is 10.1. The number of carbonyl (C=O) groups is 1. The summed E-state index contributed by atoms with van der Waals surface area (Å²) in [5, 5.41) is 20.9. The molecule has 2 N–H and O–H groups in total. The fourth-order valence-corrected chi connectivity index (χ4v) is 2.92. The third kappa shape index (κ3) is 2.53. The number of nitrogens with zero attached hydrogens (tertiary/aromatic N) is 3. The van der Waals surface area contributed by atoms with Gasteiger partial charge in [0.25, 0.3) is 0 Å². The molecule has 0 saturated heterocycles. The summed E-state index contributed by atoms with van der Waals surface area (Å²) in [4.78, 5) is 16.0. The van der Waals surface area contributed by atoms with Crippen LogP contribution in [0, 0.1) is 5.41 Å². The van der Waals surface area contributed by atoms with Gasteiger partial charge in [-0.05, 0) is 31.9 Å². The maximum atomic E-state index is 11.6. The molecule has 0 radical (unpaired) electrons. The van der Waals surface area contributed by atoms with Crippen LogP contribution in [-0.2, 0) is 4.79 Å². The molecule has 110 valence electrons. The summed E-state index contributed by atoms with van der Waals surface area (Å²) in [5.41, 5.74) is 0.698. The average Bonchev–Trinajstić information content (AvgIpc) is 2.49. The van der Waals surface area contributed by atoms with Gasteiger partial charge in [0, 0.05) is 6.04 Å². The molecule has 2 atom stereocenters. The van der Waals surface area contributed by atoms with Crippen molar-refractivity contribution >= 4 is 23.0 Å². The zero-order chi connectivity index (χ0) is 14.9. The molecule has 0 amide bonds. The Labute approximate surface area is 122 Å². The number of hydrogen-bond acceptors (Lipinski definition) is 5. The lowest BCUT2D eigenvalue weighted by Crippen LogP contribution is -2.47. The van der Waals surface area contributed by atoms with Crippen molar-refractivity contribution in [1.29, 1.82) is 0 Å². The number of rotatable bonds is 3. The first kappa shape index (κ1) is 13.7. The number of hydrogen-bond donors (Lipinski definition) is 2. The van der Waals surface area contributed by atoms with E-state index >= 15 is 0 Å². The number of nitrogens with one attached hydrogen (secondary N) is 1. The Hall–Kier alpha value is -2.24. The minimum absolute atomic E-state index is 0.174. The average molecular weight is 286 g/mol. The Morgan fingerprint density at radius 3 is 2.81 bits per heavy atom. The van der Waals surface area contributed by atoms with Crippen molar-refractivity contribution < 1.29 is 9.90 Å². The predicted octanol–water partition coefficient (Wildman–Crippen LogP) is 2.47. The Morgan fingerprint density at radius 2 is 2.05 bits per heavy atom. The van der Waals surface area contributed by atoms with E-state index in [2.05, 4.69) is 20.5 Å². The summed E-state index contributed by atoms with van der Waals surface area (Å²) in [5.74, 6) is -0.374. The maximum absolute atomic E-state index is 11.6. The van der Waals surface area contributed by atoms with Crippen LogP contribution in [0.15, 0.2) is 24.3 Å². The lowest BCUT2D eigenvalue weighted by Gasteiger charge is -2.38. The molecule has 3 rings (SSSR count). The van der Waals surface area contributed by atoms with Crippen LogP contribution in [-0.4, -0.2) is 32.3 Å². The molecule has 0 spiro atoms. The minimum atomic E-state index is -0.784. The highest BCUT2D eigenvalue weighted by Crippen LogP contribution is 2.37. The molecule has 21 heavy (non-hydrogen) atoms. The SMILES string of the molecule is CC1(C(=O)O)CCCCC1Nc1nnc2ccccc2n1. The molecular weight excluding hydrogens is 268 g/mol. The van der Waals surface area contributed by atoms with Crippen molar-refractivity contribution in [3.63, 3.8) is 0 Å². The van der Waals surface area contributed by atoms with Gasteiger partial charge in [0.2, 0.25) is 5.95 Å². The highest BCUT2D eigenvalue weighted by Gasteiger charge is 2.43. The van der Waals surface area contributed by atoms with E-state index in [4.69, 9.17) is 0 Å². The zero-order valence-electron chi connectivity index (χ0n) is 11.9. The van der Waals surface area contributed by atoms with Gasteiger partial charge in [0.15, 0.2) is 0 Å². The van der Waals surface area contributed by atoms with Crippen molar-refractivity contribution in [3.05, 3.63) is 24.3 Å². The van der Waals surface area contributed by atoms with Gasteiger partial charge in [-0.3, -0.25) is 4.79 Å².